The molecule has 2 aromatic carbocycles. The fourth-order valence-electron chi connectivity index (χ4n) is 2.12. The number of carbonyl (C=O) groups excluding carboxylic acids is 1. The van der Waals surface area contributed by atoms with Crippen LogP contribution in [0.5, 0.6) is 0 Å². The summed E-state index contributed by atoms with van der Waals surface area (Å²) in [7, 11) is -3.83. The predicted octanol–water partition coefficient (Wildman–Crippen LogP) is 2.89. The molecule has 2 rings (SSSR count). The fourth-order valence-corrected chi connectivity index (χ4v) is 3.02. The van der Waals surface area contributed by atoms with Crippen molar-refractivity contribution in [2.24, 2.45) is 0 Å². The normalized spacial score (nSPS) is 12.6. The molecule has 0 aliphatic heterocycles. The summed E-state index contributed by atoms with van der Waals surface area (Å²) in [6, 6.07) is 13.0. The summed E-state index contributed by atoms with van der Waals surface area (Å²) >= 11 is 0. The highest BCUT2D eigenvalue weighted by Crippen LogP contribution is 2.18. The number of benzene rings is 2. The van der Waals surface area contributed by atoms with Crippen molar-refractivity contribution < 1.29 is 27.2 Å². The van der Waals surface area contributed by atoms with Crippen LogP contribution in [0.4, 0.5) is 0 Å². The Kier molecular flexibility index (Phi) is 6.90. The minimum Gasteiger partial charge on any atom is -0.463 e. The molecule has 2 aromatic rings. The molecule has 0 bridgehead atoms. The van der Waals surface area contributed by atoms with Gasteiger partial charge in [0.05, 0.1) is 11.5 Å². The van der Waals surface area contributed by atoms with E-state index >= 15 is 0 Å². The first-order chi connectivity index (χ1) is 12.3. The smallest absolute Gasteiger partial charge is 0.305 e. The van der Waals surface area contributed by atoms with E-state index < -0.39 is 16.2 Å². The lowest BCUT2D eigenvalue weighted by Crippen LogP contribution is -2.12. The maximum atomic E-state index is 12.2. The van der Waals surface area contributed by atoms with Gasteiger partial charge >= 0.3 is 5.97 Å². The van der Waals surface area contributed by atoms with Crippen LogP contribution in [0.25, 0.3) is 0 Å². The Morgan fingerprint density at radius 3 is 2.27 bits per heavy atom. The topological polar surface area (TPSA) is 89.9 Å². The van der Waals surface area contributed by atoms with E-state index in [1.165, 1.54) is 12.1 Å². The van der Waals surface area contributed by atoms with Crippen molar-refractivity contribution in [2.45, 2.75) is 37.9 Å². The second-order valence-electron chi connectivity index (χ2n) is 5.82. The molecule has 26 heavy (non-hydrogen) atoms. The fraction of sp³-hybridized carbons (Fsp3) is 0.316. The zero-order valence-corrected chi connectivity index (χ0v) is 15.5. The Bertz CT molecular complexity index is 825. The summed E-state index contributed by atoms with van der Waals surface area (Å²) in [6.45, 7) is 3.31. The van der Waals surface area contributed by atoms with Crippen LogP contribution in [-0.2, 0) is 30.4 Å². The van der Waals surface area contributed by atoms with Crippen molar-refractivity contribution in [3.8, 4) is 0 Å². The maximum absolute atomic E-state index is 12.2. The third kappa shape index (κ3) is 5.66. The highest BCUT2D eigenvalue weighted by atomic mass is 32.2. The molecule has 0 saturated heterocycles. The SMILES string of the molecule is CCC(=O)OC[C@@H](O)c1ccc(COS(=O)(=O)c2ccc(C)cc2)cc1. The van der Waals surface area contributed by atoms with Gasteiger partial charge in [-0.05, 0) is 30.2 Å². The molecule has 0 unspecified atom stereocenters. The van der Waals surface area contributed by atoms with Gasteiger partial charge in [-0.1, -0.05) is 48.9 Å². The molecule has 1 N–H and O–H groups in total. The first kappa shape index (κ1) is 20.1. The number of carbonyl (C=O) groups is 1. The van der Waals surface area contributed by atoms with Crippen molar-refractivity contribution in [1.82, 2.24) is 0 Å². The van der Waals surface area contributed by atoms with E-state index in [9.17, 15) is 18.3 Å². The van der Waals surface area contributed by atoms with E-state index in [-0.39, 0.29) is 30.5 Å². The van der Waals surface area contributed by atoms with Crippen LogP contribution >= 0.6 is 0 Å². The van der Waals surface area contributed by atoms with E-state index in [4.69, 9.17) is 8.92 Å². The van der Waals surface area contributed by atoms with Gasteiger partial charge in [0, 0.05) is 6.42 Å². The van der Waals surface area contributed by atoms with Gasteiger partial charge in [-0.2, -0.15) is 8.42 Å². The Morgan fingerprint density at radius 1 is 1.08 bits per heavy atom. The van der Waals surface area contributed by atoms with Crippen molar-refractivity contribution in [3.05, 3.63) is 65.2 Å². The van der Waals surface area contributed by atoms with Gasteiger partial charge in [0.1, 0.15) is 12.7 Å². The van der Waals surface area contributed by atoms with Crippen LogP contribution in [-0.4, -0.2) is 26.1 Å². The summed E-state index contributed by atoms with van der Waals surface area (Å²) < 4.78 is 34.3. The Morgan fingerprint density at radius 2 is 1.69 bits per heavy atom. The van der Waals surface area contributed by atoms with Crippen LogP contribution in [0.2, 0.25) is 0 Å². The number of hydrogen-bond donors (Lipinski definition) is 1. The quantitative estimate of drug-likeness (QED) is 0.561. The molecule has 0 aromatic heterocycles. The highest BCUT2D eigenvalue weighted by molar-refractivity contribution is 7.86. The minimum atomic E-state index is -3.83. The van der Waals surface area contributed by atoms with E-state index in [2.05, 4.69) is 0 Å². The molecule has 0 aliphatic carbocycles. The summed E-state index contributed by atoms with van der Waals surface area (Å²) in [5, 5.41) is 9.98. The molecule has 0 fully saturated rings. The lowest BCUT2D eigenvalue weighted by Gasteiger charge is -2.12. The molecular formula is C19H22O6S. The largest absolute Gasteiger partial charge is 0.463 e. The van der Waals surface area contributed by atoms with Crippen molar-refractivity contribution >= 4 is 16.1 Å². The van der Waals surface area contributed by atoms with Gasteiger partial charge in [0.2, 0.25) is 0 Å². The second-order valence-corrected chi connectivity index (χ2v) is 7.44. The van der Waals surface area contributed by atoms with Crippen molar-refractivity contribution in [1.29, 1.82) is 0 Å². The van der Waals surface area contributed by atoms with Crippen molar-refractivity contribution in [2.75, 3.05) is 6.61 Å². The number of hydrogen-bond acceptors (Lipinski definition) is 6. The number of esters is 1. The van der Waals surface area contributed by atoms with E-state index in [0.717, 1.165) is 5.56 Å². The summed E-state index contributed by atoms with van der Waals surface area (Å²) in [6.07, 6.45) is -0.685. The lowest BCUT2D eigenvalue weighted by atomic mass is 10.1. The molecule has 1 atom stereocenters. The second kappa shape index (κ2) is 8.93. The number of aliphatic hydroxyl groups excluding tert-OH is 1. The standard InChI is InChI=1S/C19H22O6S/c1-3-19(21)24-13-18(20)16-8-6-15(7-9-16)12-25-26(22,23)17-10-4-14(2)5-11-17/h4-11,18,20H,3,12-13H2,1-2H3/t18-/m1/s1. The molecule has 0 amide bonds. The molecule has 0 heterocycles. The average Bonchev–Trinajstić information content (AvgIpc) is 2.65. The third-order valence-electron chi connectivity index (χ3n) is 3.75. The van der Waals surface area contributed by atoms with Gasteiger partial charge in [0.15, 0.2) is 0 Å². The van der Waals surface area contributed by atoms with Gasteiger partial charge < -0.3 is 9.84 Å². The number of rotatable bonds is 8. The first-order valence-electron chi connectivity index (χ1n) is 8.20. The predicted molar refractivity (Wildman–Crippen MR) is 95.8 cm³/mol. The summed E-state index contributed by atoms with van der Waals surface area (Å²) in [5.74, 6) is -0.379. The molecule has 140 valence electrons. The number of aryl methyl sites for hydroxylation is 1. The monoisotopic (exact) mass is 378 g/mol. The third-order valence-corrected chi connectivity index (χ3v) is 5.02. The van der Waals surface area contributed by atoms with E-state index in [1.54, 1.807) is 43.3 Å². The average molecular weight is 378 g/mol. The Labute approximate surface area is 153 Å². The van der Waals surface area contributed by atoms with Crippen LogP contribution in [0, 0.1) is 6.92 Å². The first-order valence-corrected chi connectivity index (χ1v) is 9.61. The molecular weight excluding hydrogens is 356 g/mol. The zero-order valence-electron chi connectivity index (χ0n) is 14.7. The maximum Gasteiger partial charge on any atom is 0.305 e. The van der Waals surface area contributed by atoms with Crippen LogP contribution in [0.3, 0.4) is 0 Å². The highest BCUT2D eigenvalue weighted by Gasteiger charge is 2.15. The van der Waals surface area contributed by atoms with Gasteiger partial charge in [0.25, 0.3) is 10.1 Å². The summed E-state index contributed by atoms with van der Waals surface area (Å²) in [5.41, 5.74) is 2.17. The number of aliphatic hydroxyl groups is 1. The van der Waals surface area contributed by atoms with Gasteiger partial charge in [-0.15, -0.1) is 0 Å². The van der Waals surface area contributed by atoms with E-state index in [0.29, 0.717) is 11.1 Å². The van der Waals surface area contributed by atoms with Gasteiger partial charge in [-0.3, -0.25) is 8.98 Å². The molecule has 0 radical (unpaired) electrons. The molecule has 0 spiro atoms. The molecule has 7 heteroatoms. The van der Waals surface area contributed by atoms with Crippen LogP contribution < -0.4 is 0 Å². The minimum absolute atomic E-state index is 0.105. The molecule has 0 saturated carbocycles. The van der Waals surface area contributed by atoms with E-state index in [1.807, 2.05) is 6.92 Å². The van der Waals surface area contributed by atoms with Crippen molar-refractivity contribution in [3.63, 3.8) is 0 Å². The Hall–Kier alpha value is -2.22. The zero-order chi connectivity index (χ0) is 19.2. The molecule has 6 nitrogen and oxygen atoms in total. The summed E-state index contributed by atoms with van der Waals surface area (Å²) in [4.78, 5) is 11.2. The molecule has 0 aliphatic rings. The van der Waals surface area contributed by atoms with Gasteiger partial charge in [-0.25, -0.2) is 0 Å². The number of ether oxygens (including phenoxy) is 1. The van der Waals surface area contributed by atoms with Crippen LogP contribution in [0.1, 0.15) is 36.1 Å². The van der Waals surface area contributed by atoms with Crippen LogP contribution in [0.15, 0.2) is 53.4 Å². The lowest BCUT2D eigenvalue weighted by molar-refractivity contribution is -0.146. The Balaban J connectivity index is 1.94.